The van der Waals surface area contributed by atoms with Crippen LogP contribution in [0.15, 0.2) is 12.1 Å². The van der Waals surface area contributed by atoms with Crippen LogP contribution in [-0.2, 0) is 11.3 Å². The fraction of sp³-hybridized carbons (Fsp3) is 0.632. The van der Waals surface area contributed by atoms with E-state index in [4.69, 9.17) is 9.47 Å². The number of hydrogen-bond acceptors (Lipinski definition) is 5. The molecule has 4 rings (SSSR count). The first-order chi connectivity index (χ1) is 12.2. The fourth-order valence-corrected chi connectivity index (χ4v) is 3.73. The van der Waals surface area contributed by atoms with Crippen LogP contribution in [0, 0.1) is 18.8 Å². The summed E-state index contributed by atoms with van der Waals surface area (Å²) in [7, 11) is 0. The summed E-state index contributed by atoms with van der Waals surface area (Å²) in [5.74, 6) is 2.66. The lowest BCUT2D eigenvalue weighted by molar-refractivity contribution is -0.126. The Kier molecular flexibility index (Phi) is 4.81. The summed E-state index contributed by atoms with van der Waals surface area (Å²) in [6, 6.07) is 4.22. The molecule has 1 aromatic carbocycles. The van der Waals surface area contributed by atoms with Crippen molar-refractivity contribution >= 4 is 5.91 Å². The second-order valence-electron chi connectivity index (χ2n) is 7.41. The van der Waals surface area contributed by atoms with Crippen LogP contribution < -0.4 is 20.1 Å². The van der Waals surface area contributed by atoms with Gasteiger partial charge in [-0.1, -0.05) is 0 Å². The Morgan fingerprint density at radius 1 is 1.28 bits per heavy atom. The topological polar surface area (TPSA) is 62.8 Å². The van der Waals surface area contributed by atoms with E-state index >= 15 is 0 Å². The van der Waals surface area contributed by atoms with Crippen LogP contribution in [0.25, 0.3) is 0 Å². The molecule has 0 bridgehead atoms. The van der Waals surface area contributed by atoms with Crippen molar-refractivity contribution in [3.05, 3.63) is 23.3 Å². The SMILES string of the molecule is Cc1cc2c(cc1CN1CC[C@H](CNC(=O)C3CNC3)C1)OCCO2. The predicted octanol–water partition coefficient (Wildman–Crippen LogP) is 0.924. The number of carbonyl (C=O) groups excluding carboxylic acids is 1. The highest BCUT2D eigenvalue weighted by molar-refractivity contribution is 5.79. The first kappa shape index (κ1) is 16.7. The zero-order valence-corrected chi connectivity index (χ0v) is 14.8. The van der Waals surface area contributed by atoms with Gasteiger partial charge >= 0.3 is 0 Å². The van der Waals surface area contributed by atoms with Crippen molar-refractivity contribution in [3.63, 3.8) is 0 Å². The first-order valence-corrected chi connectivity index (χ1v) is 9.29. The number of nitrogens with one attached hydrogen (secondary N) is 2. The number of amides is 1. The van der Waals surface area contributed by atoms with Gasteiger partial charge in [-0.25, -0.2) is 0 Å². The highest BCUT2D eigenvalue weighted by Crippen LogP contribution is 2.34. The molecular formula is C19H27N3O3. The molecule has 0 aromatic heterocycles. The van der Waals surface area contributed by atoms with Gasteiger partial charge in [0, 0.05) is 32.7 Å². The molecular weight excluding hydrogens is 318 g/mol. The molecule has 136 valence electrons. The smallest absolute Gasteiger partial charge is 0.225 e. The highest BCUT2D eigenvalue weighted by Gasteiger charge is 2.27. The molecule has 2 fully saturated rings. The van der Waals surface area contributed by atoms with Crippen molar-refractivity contribution in [2.45, 2.75) is 19.9 Å². The minimum absolute atomic E-state index is 0.179. The molecule has 0 spiro atoms. The first-order valence-electron chi connectivity index (χ1n) is 9.29. The van der Waals surface area contributed by atoms with E-state index in [1.807, 2.05) is 0 Å². The quantitative estimate of drug-likeness (QED) is 0.831. The Morgan fingerprint density at radius 2 is 2.04 bits per heavy atom. The van der Waals surface area contributed by atoms with E-state index in [0.717, 1.165) is 57.2 Å². The molecule has 3 heterocycles. The van der Waals surface area contributed by atoms with Gasteiger partial charge in [-0.05, 0) is 49.1 Å². The number of aryl methyl sites for hydroxylation is 1. The lowest BCUT2D eigenvalue weighted by atomic mass is 10.0. The van der Waals surface area contributed by atoms with Crippen LogP contribution in [0.3, 0.4) is 0 Å². The Balaban J connectivity index is 1.29. The lowest BCUT2D eigenvalue weighted by Crippen LogP contribution is -2.51. The monoisotopic (exact) mass is 345 g/mol. The third-order valence-electron chi connectivity index (χ3n) is 5.48. The van der Waals surface area contributed by atoms with E-state index in [2.05, 4.69) is 34.6 Å². The lowest BCUT2D eigenvalue weighted by Gasteiger charge is -2.26. The number of fused-ring (bicyclic) bond motifs is 1. The summed E-state index contributed by atoms with van der Waals surface area (Å²) in [5, 5.41) is 6.26. The summed E-state index contributed by atoms with van der Waals surface area (Å²) in [4.78, 5) is 14.4. The molecule has 6 nitrogen and oxygen atoms in total. The largest absolute Gasteiger partial charge is 0.486 e. The number of rotatable bonds is 5. The van der Waals surface area contributed by atoms with Gasteiger partial charge in [0.2, 0.25) is 5.91 Å². The van der Waals surface area contributed by atoms with Crippen molar-refractivity contribution in [1.29, 1.82) is 0 Å². The maximum Gasteiger partial charge on any atom is 0.225 e. The molecule has 3 aliphatic rings. The second-order valence-corrected chi connectivity index (χ2v) is 7.41. The van der Waals surface area contributed by atoms with Crippen LogP contribution in [0.1, 0.15) is 17.5 Å². The highest BCUT2D eigenvalue weighted by atomic mass is 16.6. The fourth-order valence-electron chi connectivity index (χ4n) is 3.73. The molecule has 25 heavy (non-hydrogen) atoms. The van der Waals surface area contributed by atoms with Crippen LogP contribution in [0.2, 0.25) is 0 Å². The van der Waals surface area contributed by atoms with Crippen molar-refractivity contribution in [2.24, 2.45) is 11.8 Å². The average Bonchev–Trinajstić information content (AvgIpc) is 2.99. The van der Waals surface area contributed by atoms with E-state index < -0.39 is 0 Å². The molecule has 6 heteroatoms. The molecule has 0 saturated carbocycles. The summed E-state index contributed by atoms with van der Waals surface area (Å²) in [6.07, 6.45) is 1.15. The van der Waals surface area contributed by atoms with Gasteiger partial charge in [0.1, 0.15) is 13.2 Å². The number of ether oxygens (including phenoxy) is 2. The third kappa shape index (κ3) is 3.75. The average molecular weight is 345 g/mol. The van der Waals surface area contributed by atoms with Crippen LogP contribution in [0.5, 0.6) is 11.5 Å². The molecule has 1 atom stereocenters. The number of carbonyl (C=O) groups is 1. The van der Waals surface area contributed by atoms with Crippen LogP contribution >= 0.6 is 0 Å². The third-order valence-corrected chi connectivity index (χ3v) is 5.48. The normalized spacial score (nSPS) is 23.3. The van der Waals surface area contributed by atoms with Crippen molar-refractivity contribution in [1.82, 2.24) is 15.5 Å². The minimum Gasteiger partial charge on any atom is -0.486 e. The van der Waals surface area contributed by atoms with Crippen molar-refractivity contribution in [2.75, 3.05) is 45.9 Å². The molecule has 0 radical (unpaired) electrons. The van der Waals surface area contributed by atoms with Gasteiger partial charge in [-0.2, -0.15) is 0 Å². The maximum absolute atomic E-state index is 11.9. The summed E-state index contributed by atoms with van der Waals surface area (Å²) < 4.78 is 11.4. The zero-order valence-electron chi connectivity index (χ0n) is 14.8. The van der Waals surface area contributed by atoms with Crippen LogP contribution in [0.4, 0.5) is 0 Å². The molecule has 0 aliphatic carbocycles. The number of benzene rings is 1. The van der Waals surface area contributed by atoms with E-state index in [-0.39, 0.29) is 11.8 Å². The number of likely N-dealkylation sites (tertiary alicyclic amines) is 1. The number of nitrogens with zero attached hydrogens (tertiary/aromatic N) is 1. The second kappa shape index (κ2) is 7.22. The zero-order chi connectivity index (χ0) is 17.2. The van der Waals surface area contributed by atoms with Gasteiger partial charge in [-0.3, -0.25) is 9.69 Å². The van der Waals surface area contributed by atoms with Crippen molar-refractivity contribution < 1.29 is 14.3 Å². The summed E-state index contributed by atoms with van der Waals surface area (Å²) >= 11 is 0. The molecule has 1 aromatic rings. The molecule has 2 saturated heterocycles. The van der Waals surface area contributed by atoms with E-state index in [1.165, 1.54) is 11.1 Å². The van der Waals surface area contributed by atoms with E-state index in [0.29, 0.717) is 19.1 Å². The van der Waals surface area contributed by atoms with Gasteiger partial charge in [0.25, 0.3) is 0 Å². The van der Waals surface area contributed by atoms with Crippen molar-refractivity contribution in [3.8, 4) is 11.5 Å². The van der Waals surface area contributed by atoms with E-state index in [1.54, 1.807) is 0 Å². The summed E-state index contributed by atoms with van der Waals surface area (Å²) in [6.45, 7) is 8.88. The Morgan fingerprint density at radius 3 is 2.76 bits per heavy atom. The molecule has 3 aliphatic heterocycles. The van der Waals surface area contributed by atoms with Gasteiger partial charge in [0.05, 0.1) is 5.92 Å². The molecule has 1 amide bonds. The van der Waals surface area contributed by atoms with E-state index in [9.17, 15) is 4.79 Å². The Bertz CT molecular complexity index is 645. The Hall–Kier alpha value is -1.79. The van der Waals surface area contributed by atoms with Gasteiger partial charge in [0.15, 0.2) is 11.5 Å². The number of hydrogen-bond donors (Lipinski definition) is 2. The maximum atomic E-state index is 11.9. The van der Waals surface area contributed by atoms with Gasteiger partial charge < -0.3 is 20.1 Å². The minimum atomic E-state index is 0.179. The predicted molar refractivity (Wildman–Crippen MR) is 94.9 cm³/mol. The molecule has 0 unspecified atom stereocenters. The summed E-state index contributed by atoms with van der Waals surface area (Å²) in [5.41, 5.74) is 2.55. The molecule has 2 N–H and O–H groups in total. The standard InChI is InChI=1S/C19H27N3O3/c1-13-6-17-18(25-5-4-24-17)7-15(13)12-22-3-2-14(11-22)8-21-19(23)16-9-20-10-16/h6-7,14,16,20H,2-5,8-12H2,1H3,(H,21,23)/t14-/m1/s1. The Labute approximate surface area is 148 Å². The van der Waals surface area contributed by atoms with Gasteiger partial charge in [-0.15, -0.1) is 0 Å². The van der Waals surface area contributed by atoms with Crippen LogP contribution in [-0.4, -0.2) is 56.7 Å².